The van der Waals surface area contributed by atoms with E-state index in [9.17, 15) is 18.0 Å². The fraction of sp³-hybridized carbons (Fsp3) is 0.500. The first-order chi connectivity index (χ1) is 16.1. The summed E-state index contributed by atoms with van der Waals surface area (Å²) in [6.45, 7) is 7.90. The number of ether oxygens (including phenoxy) is 1. The van der Waals surface area contributed by atoms with E-state index in [1.165, 1.54) is 12.1 Å². The van der Waals surface area contributed by atoms with Crippen molar-refractivity contribution in [1.82, 2.24) is 14.4 Å². The maximum atomic E-state index is 13.2. The Bertz CT molecular complexity index is 1170. The molecule has 9 nitrogen and oxygen atoms in total. The Morgan fingerprint density at radius 3 is 2.41 bits per heavy atom. The molecule has 2 aromatic rings. The van der Waals surface area contributed by atoms with Crippen LogP contribution in [0.3, 0.4) is 0 Å². The number of carbonyl (C=O) groups excluding carboxylic acids is 2. The number of primary sulfonamides is 1. The van der Waals surface area contributed by atoms with Crippen molar-refractivity contribution in [3.63, 3.8) is 0 Å². The van der Waals surface area contributed by atoms with Crippen LogP contribution < -0.4 is 5.14 Å². The van der Waals surface area contributed by atoms with Gasteiger partial charge in [0.15, 0.2) is 5.78 Å². The quantitative estimate of drug-likeness (QED) is 0.616. The van der Waals surface area contributed by atoms with Gasteiger partial charge in [-0.2, -0.15) is 0 Å². The van der Waals surface area contributed by atoms with Gasteiger partial charge in [0.05, 0.1) is 30.6 Å². The molecule has 2 saturated heterocycles. The number of morpholine rings is 1. The monoisotopic (exact) mass is 488 g/mol. The second-order valence-corrected chi connectivity index (χ2v) is 10.7. The van der Waals surface area contributed by atoms with Gasteiger partial charge in [-0.15, -0.1) is 0 Å². The topological polar surface area (TPSA) is 115 Å². The molecule has 1 amide bonds. The number of likely N-dealkylation sites (tertiary alicyclic amines) is 1. The molecule has 184 valence electrons. The van der Waals surface area contributed by atoms with Gasteiger partial charge < -0.3 is 14.2 Å². The highest BCUT2D eigenvalue weighted by Crippen LogP contribution is 2.24. The molecule has 2 aliphatic rings. The second-order valence-electron chi connectivity index (χ2n) is 9.09. The minimum Gasteiger partial charge on any atom is -0.378 e. The molecule has 1 atom stereocenters. The standard InChI is InChI=1S/C24H32N4O5S/c1-17-14-22(18(2)28(17)20-5-7-21(8-6-20)34(25,31)32)23(29)16-26-9-3-4-19(15-26)24(30)27-10-12-33-13-11-27/h5-8,14,19H,3-4,9-13,15-16H2,1-2H3,(H2,25,31,32). The molecular weight excluding hydrogens is 456 g/mol. The van der Waals surface area contributed by atoms with Crippen LogP contribution in [0.2, 0.25) is 0 Å². The summed E-state index contributed by atoms with van der Waals surface area (Å²) in [4.78, 5) is 30.2. The Kier molecular flexibility index (Phi) is 7.22. The predicted molar refractivity (Wildman–Crippen MR) is 128 cm³/mol. The minimum absolute atomic E-state index is 0.0139. The van der Waals surface area contributed by atoms with Gasteiger partial charge in [-0.3, -0.25) is 14.5 Å². The van der Waals surface area contributed by atoms with Gasteiger partial charge in [-0.1, -0.05) is 0 Å². The van der Waals surface area contributed by atoms with E-state index < -0.39 is 10.0 Å². The van der Waals surface area contributed by atoms with Crippen LogP contribution in [0.4, 0.5) is 0 Å². The highest BCUT2D eigenvalue weighted by Gasteiger charge is 2.31. The van der Waals surface area contributed by atoms with Crippen molar-refractivity contribution in [3.05, 3.63) is 47.3 Å². The summed E-state index contributed by atoms with van der Waals surface area (Å²) in [5.41, 5.74) is 3.07. The van der Waals surface area contributed by atoms with Gasteiger partial charge >= 0.3 is 0 Å². The van der Waals surface area contributed by atoms with Crippen LogP contribution in [0.1, 0.15) is 34.6 Å². The molecule has 0 radical (unpaired) electrons. The third-order valence-electron chi connectivity index (χ3n) is 6.70. The average Bonchev–Trinajstić information content (AvgIpc) is 3.12. The number of nitrogens with zero attached hydrogens (tertiary/aromatic N) is 3. The van der Waals surface area contributed by atoms with Gasteiger partial charge in [0.1, 0.15) is 0 Å². The Labute approximate surface area is 200 Å². The molecular formula is C24H32N4O5S. The SMILES string of the molecule is Cc1cc(C(=O)CN2CCCC(C(=O)N3CCOCC3)C2)c(C)n1-c1ccc(S(N)(=O)=O)cc1. The van der Waals surface area contributed by atoms with Crippen LogP contribution >= 0.6 is 0 Å². The van der Waals surface area contributed by atoms with E-state index in [0.717, 1.165) is 36.5 Å². The number of rotatable bonds is 6. The maximum Gasteiger partial charge on any atom is 0.238 e. The third-order valence-corrected chi connectivity index (χ3v) is 7.63. The fourth-order valence-corrected chi connectivity index (χ4v) is 5.47. The van der Waals surface area contributed by atoms with Gasteiger partial charge in [0.2, 0.25) is 15.9 Å². The molecule has 1 unspecified atom stereocenters. The number of ketones is 1. The van der Waals surface area contributed by atoms with E-state index in [1.54, 1.807) is 12.1 Å². The van der Waals surface area contributed by atoms with Crippen LogP contribution in [-0.2, 0) is 19.6 Å². The van der Waals surface area contributed by atoms with Gasteiger partial charge in [-0.25, -0.2) is 13.6 Å². The zero-order valence-electron chi connectivity index (χ0n) is 19.7. The van der Waals surface area contributed by atoms with Crippen LogP contribution in [0.5, 0.6) is 0 Å². The molecule has 34 heavy (non-hydrogen) atoms. The number of aryl methyl sites for hydroxylation is 1. The van der Waals surface area contributed by atoms with Crippen molar-refractivity contribution < 1.29 is 22.7 Å². The molecule has 0 saturated carbocycles. The Hall–Kier alpha value is -2.53. The minimum atomic E-state index is -3.77. The maximum absolute atomic E-state index is 13.2. The van der Waals surface area contributed by atoms with E-state index in [1.807, 2.05) is 29.4 Å². The zero-order valence-corrected chi connectivity index (χ0v) is 20.5. The summed E-state index contributed by atoms with van der Waals surface area (Å²) in [7, 11) is -3.77. The summed E-state index contributed by atoms with van der Waals surface area (Å²) in [5.74, 6) is 0.103. The summed E-state index contributed by atoms with van der Waals surface area (Å²) in [5, 5.41) is 5.20. The van der Waals surface area contributed by atoms with Crippen molar-refractivity contribution in [2.75, 3.05) is 45.9 Å². The molecule has 0 bridgehead atoms. The van der Waals surface area contributed by atoms with E-state index in [-0.39, 0.29) is 29.0 Å². The summed E-state index contributed by atoms with van der Waals surface area (Å²) in [6, 6.07) is 8.15. The molecule has 10 heteroatoms. The first kappa shape index (κ1) is 24.6. The molecule has 2 fully saturated rings. The van der Waals surface area contributed by atoms with Crippen LogP contribution in [0.25, 0.3) is 5.69 Å². The lowest BCUT2D eigenvalue weighted by atomic mass is 9.95. The average molecular weight is 489 g/mol. The Morgan fingerprint density at radius 2 is 1.76 bits per heavy atom. The lowest BCUT2D eigenvalue weighted by Gasteiger charge is -2.35. The highest BCUT2D eigenvalue weighted by molar-refractivity contribution is 7.89. The van der Waals surface area contributed by atoms with E-state index in [2.05, 4.69) is 4.90 Å². The summed E-state index contributed by atoms with van der Waals surface area (Å²) in [6.07, 6.45) is 1.74. The number of Topliss-reactive ketones (excluding diaryl/α,β-unsaturated/α-hetero) is 1. The zero-order chi connectivity index (χ0) is 24.5. The van der Waals surface area contributed by atoms with Crippen molar-refractivity contribution in [2.24, 2.45) is 11.1 Å². The molecule has 3 heterocycles. The number of benzene rings is 1. The third kappa shape index (κ3) is 5.25. The van der Waals surface area contributed by atoms with Gasteiger partial charge in [-0.05, 0) is 63.6 Å². The predicted octanol–water partition coefficient (Wildman–Crippen LogP) is 1.50. The number of sulfonamides is 1. The number of nitrogens with two attached hydrogens (primary N) is 1. The smallest absolute Gasteiger partial charge is 0.238 e. The van der Waals surface area contributed by atoms with Crippen LogP contribution in [0, 0.1) is 19.8 Å². The summed E-state index contributed by atoms with van der Waals surface area (Å²) < 4.78 is 30.4. The lowest BCUT2D eigenvalue weighted by Crippen LogP contribution is -2.49. The number of hydrogen-bond acceptors (Lipinski definition) is 6. The largest absolute Gasteiger partial charge is 0.378 e. The molecule has 0 aliphatic carbocycles. The van der Waals surface area contributed by atoms with E-state index in [4.69, 9.17) is 9.88 Å². The first-order valence-electron chi connectivity index (χ1n) is 11.6. The van der Waals surface area contributed by atoms with E-state index in [0.29, 0.717) is 38.4 Å². The number of carbonyl (C=O) groups is 2. The van der Waals surface area contributed by atoms with Crippen LogP contribution in [-0.4, -0.2) is 80.4 Å². The van der Waals surface area contributed by atoms with Crippen molar-refractivity contribution in [2.45, 2.75) is 31.6 Å². The molecule has 2 N–H and O–H groups in total. The Balaban J connectivity index is 1.46. The van der Waals surface area contributed by atoms with Crippen molar-refractivity contribution in [1.29, 1.82) is 0 Å². The normalized spacial score (nSPS) is 19.9. The number of aromatic nitrogens is 1. The molecule has 1 aromatic heterocycles. The van der Waals surface area contributed by atoms with Gasteiger partial charge in [0, 0.05) is 42.3 Å². The molecule has 1 aromatic carbocycles. The fourth-order valence-electron chi connectivity index (χ4n) is 4.96. The summed E-state index contributed by atoms with van der Waals surface area (Å²) >= 11 is 0. The number of amides is 1. The van der Waals surface area contributed by atoms with Gasteiger partial charge in [0.25, 0.3) is 0 Å². The molecule has 4 rings (SSSR count). The number of hydrogen-bond donors (Lipinski definition) is 1. The second kappa shape index (κ2) is 9.99. The molecule has 0 spiro atoms. The molecule has 2 aliphatic heterocycles. The highest BCUT2D eigenvalue weighted by atomic mass is 32.2. The lowest BCUT2D eigenvalue weighted by molar-refractivity contribution is -0.141. The van der Waals surface area contributed by atoms with Crippen molar-refractivity contribution in [3.8, 4) is 5.69 Å². The first-order valence-corrected chi connectivity index (χ1v) is 13.1. The van der Waals surface area contributed by atoms with Crippen LogP contribution in [0.15, 0.2) is 35.2 Å². The Morgan fingerprint density at radius 1 is 1.09 bits per heavy atom. The van der Waals surface area contributed by atoms with E-state index >= 15 is 0 Å². The van der Waals surface area contributed by atoms with Crippen molar-refractivity contribution >= 4 is 21.7 Å². The number of piperidine rings is 1.